The first-order valence-electron chi connectivity index (χ1n) is 7.35. The highest BCUT2D eigenvalue weighted by molar-refractivity contribution is 7.99. The lowest BCUT2D eigenvalue weighted by molar-refractivity contribution is -0.126. The maximum absolute atomic E-state index is 12.2. The van der Waals surface area contributed by atoms with Crippen molar-refractivity contribution in [3.8, 4) is 0 Å². The molecule has 1 amide bonds. The summed E-state index contributed by atoms with van der Waals surface area (Å²) in [5, 5.41) is 6.48. The molecule has 3 rings (SSSR count). The topological polar surface area (TPSA) is 67.2 Å². The van der Waals surface area contributed by atoms with Gasteiger partial charge in [-0.25, -0.2) is 4.98 Å². The van der Waals surface area contributed by atoms with E-state index in [1.54, 1.807) is 12.5 Å². The predicted molar refractivity (Wildman–Crippen MR) is 79.7 cm³/mol. The molecule has 5 nitrogen and oxygen atoms in total. The highest BCUT2D eigenvalue weighted by Crippen LogP contribution is 2.27. The molecule has 1 aromatic heterocycles. The van der Waals surface area contributed by atoms with Gasteiger partial charge in [0.25, 0.3) is 6.01 Å². The first kappa shape index (κ1) is 13.8. The second-order valence-corrected chi connectivity index (χ2v) is 6.75. The minimum Gasteiger partial charge on any atom is -0.432 e. The van der Waals surface area contributed by atoms with Gasteiger partial charge >= 0.3 is 0 Å². The van der Waals surface area contributed by atoms with E-state index in [9.17, 15) is 4.79 Å². The standard InChI is InChI=1S/C14H21N3O2S/c18-13(16-12-5-8-20-9-12)10-1-3-11(4-2-10)17-14-15-6-7-19-14/h6-7,10-12H,1-5,8-9H2,(H,15,17)(H,16,18). The Kier molecular flexibility index (Phi) is 4.50. The zero-order valence-corrected chi connectivity index (χ0v) is 12.3. The van der Waals surface area contributed by atoms with Crippen molar-refractivity contribution in [2.75, 3.05) is 16.8 Å². The Labute approximate surface area is 123 Å². The summed E-state index contributed by atoms with van der Waals surface area (Å²) >= 11 is 1.93. The van der Waals surface area contributed by atoms with Crippen LogP contribution in [0.4, 0.5) is 6.01 Å². The highest BCUT2D eigenvalue weighted by atomic mass is 32.2. The normalized spacial score (nSPS) is 30.1. The predicted octanol–water partition coefficient (Wildman–Crippen LogP) is 2.27. The van der Waals surface area contributed by atoms with Crippen molar-refractivity contribution in [3.05, 3.63) is 12.5 Å². The molecule has 110 valence electrons. The van der Waals surface area contributed by atoms with E-state index in [2.05, 4.69) is 15.6 Å². The van der Waals surface area contributed by atoms with E-state index in [0.717, 1.165) is 37.9 Å². The first-order valence-corrected chi connectivity index (χ1v) is 8.51. The number of nitrogens with one attached hydrogen (secondary N) is 2. The Morgan fingerprint density at radius 2 is 2.10 bits per heavy atom. The molecule has 0 radical (unpaired) electrons. The summed E-state index contributed by atoms with van der Waals surface area (Å²) in [5.41, 5.74) is 0. The van der Waals surface area contributed by atoms with Crippen LogP contribution in [0.5, 0.6) is 0 Å². The number of anilines is 1. The van der Waals surface area contributed by atoms with Crippen LogP contribution in [-0.4, -0.2) is 34.5 Å². The van der Waals surface area contributed by atoms with Crippen molar-refractivity contribution in [2.45, 2.75) is 44.2 Å². The van der Waals surface area contributed by atoms with E-state index in [4.69, 9.17) is 4.42 Å². The highest BCUT2D eigenvalue weighted by Gasteiger charge is 2.28. The molecule has 2 heterocycles. The molecule has 1 aliphatic heterocycles. The van der Waals surface area contributed by atoms with E-state index >= 15 is 0 Å². The zero-order chi connectivity index (χ0) is 13.8. The van der Waals surface area contributed by atoms with Gasteiger partial charge in [0, 0.05) is 23.8 Å². The van der Waals surface area contributed by atoms with Crippen molar-refractivity contribution < 1.29 is 9.21 Å². The van der Waals surface area contributed by atoms with Crippen molar-refractivity contribution in [3.63, 3.8) is 0 Å². The van der Waals surface area contributed by atoms with E-state index in [1.165, 1.54) is 5.75 Å². The number of rotatable bonds is 4. The van der Waals surface area contributed by atoms with Crippen molar-refractivity contribution in [2.24, 2.45) is 5.92 Å². The second kappa shape index (κ2) is 6.52. The van der Waals surface area contributed by atoms with Gasteiger partial charge in [0.05, 0.1) is 6.20 Å². The van der Waals surface area contributed by atoms with Crippen LogP contribution >= 0.6 is 11.8 Å². The molecule has 2 N–H and O–H groups in total. The third-order valence-electron chi connectivity index (χ3n) is 4.13. The molecule has 1 unspecified atom stereocenters. The van der Waals surface area contributed by atoms with Crippen LogP contribution in [0, 0.1) is 5.92 Å². The number of oxazole rings is 1. The summed E-state index contributed by atoms with van der Waals surface area (Å²) in [6.07, 6.45) is 8.23. The first-order chi connectivity index (χ1) is 9.81. The number of carbonyl (C=O) groups is 1. The fraction of sp³-hybridized carbons (Fsp3) is 0.714. The number of hydrogen-bond donors (Lipinski definition) is 2. The van der Waals surface area contributed by atoms with Gasteiger partial charge in [0.15, 0.2) is 0 Å². The Morgan fingerprint density at radius 1 is 1.25 bits per heavy atom. The quantitative estimate of drug-likeness (QED) is 0.892. The smallest absolute Gasteiger partial charge is 0.294 e. The van der Waals surface area contributed by atoms with Gasteiger partial charge in [0.1, 0.15) is 6.26 Å². The Hall–Kier alpha value is -1.17. The number of hydrogen-bond acceptors (Lipinski definition) is 5. The summed E-state index contributed by atoms with van der Waals surface area (Å²) < 4.78 is 5.20. The lowest BCUT2D eigenvalue weighted by Crippen LogP contribution is -2.41. The molecular weight excluding hydrogens is 274 g/mol. The summed E-state index contributed by atoms with van der Waals surface area (Å²) in [4.78, 5) is 16.3. The minimum atomic E-state index is 0.184. The molecule has 1 aliphatic carbocycles. The second-order valence-electron chi connectivity index (χ2n) is 5.60. The summed E-state index contributed by atoms with van der Waals surface area (Å²) in [7, 11) is 0. The monoisotopic (exact) mass is 295 g/mol. The SMILES string of the molecule is O=C(NC1CCSC1)C1CCC(Nc2ncco2)CC1. The molecule has 1 atom stereocenters. The fourth-order valence-corrected chi connectivity index (χ4v) is 4.09. The molecule has 2 fully saturated rings. The average molecular weight is 295 g/mol. The fourth-order valence-electron chi connectivity index (χ4n) is 2.94. The molecular formula is C14H21N3O2S. The summed E-state index contributed by atoms with van der Waals surface area (Å²) in [6, 6.07) is 1.36. The van der Waals surface area contributed by atoms with Crippen LogP contribution in [0.3, 0.4) is 0 Å². The molecule has 1 saturated heterocycles. The van der Waals surface area contributed by atoms with Crippen LogP contribution in [0.25, 0.3) is 0 Å². The molecule has 1 aromatic rings. The van der Waals surface area contributed by atoms with Crippen LogP contribution in [0.2, 0.25) is 0 Å². The van der Waals surface area contributed by atoms with Crippen LogP contribution in [0.15, 0.2) is 16.9 Å². The van der Waals surface area contributed by atoms with Crippen molar-refractivity contribution in [1.29, 1.82) is 0 Å². The van der Waals surface area contributed by atoms with Crippen molar-refractivity contribution in [1.82, 2.24) is 10.3 Å². The Bertz CT molecular complexity index is 424. The van der Waals surface area contributed by atoms with Gasteiger partial charge in [-0.15, -0.1) is 0 Å². The molecule has 6 heteroatoms. The lowest BCUT2D eigenvalue weighted by Gasteiger charge is -2.28. The van der Waals surface area contributed by atoms with E-state index in [0.29, 0.717) is 18.1 Å². The number of carbonyl (C=O) groups excluding carboxylic acids is 1. The van der Waals surface area contributed by atoms with Gasteiger partial charge in [-0.1, -0.05) is 0 Å². The lowest BCUT2D eigenvalue weighted by atomic mass is 9.85. The molecule has 1 saturated carbocycles. The van der Waals surface area contributed by atoms with Crippen LogP contribution < -0.4 is 10.6 Å². The number of amides is 1. The molecule has 0 spiro atoms. The van der Waals surface area contributed by atoms with Gasteiger partial charge in [-0.3, -0.25) is 4.79 Å². The van der Waals surface area contributed by atoms with E-state index in [1.807, 2.05) is 11.8 Å². The molecule has 20 heavy (non-hydrogen) atoms. The zero-order valence-electron chi connectivity index (χ0n) is 11.5. The van der Waals surface area contributed by atoms with Gasteiger partial charge in [0.2, 0.25) is 5.91 Å². The third-order valence-corrected chi connectivity index (χ3v) is 5.30. The molecule has 2 aliphatic rings. The number of aromatic nitrogens is 1. The maximum Gasteiger partial charge on any atom is 0.294 e. The van der Waals surface area contributed by atoms with Gasteiger partial charge in [-0.2, -0.15) is 11.8 Å². The van der Waals surface area contributed by atoms with Gasteiger partial charge < -0.3 is 15.1 Å². The number of nitrogens with zero attached hydrogens (tertiary/aromatic N) is 1. The minimum absolute atomic E-state index is 0.184. The summed E-state index contributed by atoms with van der Waals surface area (Å²) in [5.74, 6) is 2.69. The molecule has 0 aromatic carbocycles. The Morgan fingerprint density at radius 3 is 2.75 bits per heavy atom. The summed E-state index contributed by atoms with van der Waals surface area (Å²) in [6.45, 7) is 0. The largest absolute Gasteiger partial charge is 0.432 e. The molecule has 0 bridgehead atoms. The third kappa shape index (κ3) is 3.48. The van der Waals surface area contributed by atoms with Gasteiger partial charge in [-0.05, 0) is 37.9 Å². The van der Waals surface area contributed by atoms with Crippen LogP contribution in [0.1, 0.15) is 32.1 Å². The average Bonchev–Trinajstić information content (AvgIpc) is 3.13. The van der Waals surface area contributed by atoms with Crippen LogP contribution in [-0.2, 0) is 4.79 Å². The Balaban J connectivity index is 1.42. The van der Waals surface area contributed by atoms with E-state index in [-0.39, 0.29) is 11.8 Å². The maximum atomic E-state index is 12.2. The van der Waals surface area contributed by atoms with Crippen molar-refractivity contribution >= 4 is 23.7 Å². The number of thioether (sulfide) groups is 1. The van der Waals surface area contributed by atoms with E-state index < -0.39 is 0 Å².